The standard InChI is InChI=1S/C9H13N5O3S/c1-5-7(2-3-17-5)18-8-6(14(15)16)4-11-9(12-8)13-10/h4-5,7H,2-3,10H2,1H3,(H,11,12,13). The number of aromatic nitrogens is 2. The third kappa shape index (κ3) is 2.68. The summed E-state index contributed by atoms with van der Waals surface area (Å²) in [7, 11) is 0. The van der Waals surface area contributed by atoms with Crippen LogP contribution in [0, 0.1) is 10.1 Å². The highest BCUT2D eigenvalue weighted by molar-refractivity contribution is 8.00. The third-order valence-electron chi connectivity index (χ3n) is 2.63. The van der Waals surface area contributed by atoms with Crippen molar-refractivity contribution in [1.82, 2.24) is 9.97 Å². The molecule has 9 heteroatoms. The number of hydrogen-bond acceptors (Lipinski definition) is 8. The molecule has 18 heavy (non-hydrogen) atoms. The molecule has 1 aromatic rings. The Hall–Kier alpha value is -1.45. The summed E-state index contributed by atoms with van der Waals surface area (Å²) in [6.45, 7) is 2.61. The molecule has 0 aliphatic carbocycles. The Morgan fingerprint density at radius 1 is 1.72 bits per heavy atom. The number of rotatable bonds is 4. The number of nitrogens with one attached hydrogen (secondary N) is 1. The van der Waals surface area contributed by atoms with Gasteiger partial charge in [-0.3, -0.25) is 15.5 Å². The Morgan fingerprint density at radius 2 is 2.50 bits per heavy atom. The van der Waals surface area contributed by atoms with Crippen LogP contribution in [0.15, 0.2) is 11.2 Å². The average molecular weight is 271 g/mol. The third-order valence-corrected chi connectivity index (χ3v) is 4.08. The van der Waals surface area contributed by atoms with Gasteiger partial charge in [0, 0.05) is 11.9 Å². The van der Waals surface area contributed by atoms with Crippen molar-refractivity contribution in [2.75, 3.05) is 12.0 Å². The summed E-state index contributed by atoms with van der Waals surface area (Å²) >= 11 is 1.33. The van der Waals surface area contributed by atoms with Crippen molar-refractivity contribution in [2.45, 2.75) is 29.7 Å². The molecule has 2 heterocycles. The first-order valence-corrected chi connectivity index (χ1v) is 6.26. The molecule has 8 nitrogen and oxygen atoms in total. The molecule has 0 saturated carbocycles. The van der Waals surface area contributed by atoms with Crippen molar-refractivity contribution >= 4 is 23.4 Å². The summed E-state index contributed by atoms with van der Waals surface area (Å²) in [6, 6.07) is 0. The molecule has 1 aromatic heterocycles. The zero-order valence-electron chi connectivity index (χ0n) is 9.70. The van der Waals surface area contributed by atoms with Crippen molar-refractivity contribution < 1.29 is 9.66 Å². The van der Waals surface area contributed by atoms with Crippen LogP contribution in [-0.2, 0) is 4.74 Å². The molecule has 0 amide bonds. The number of hydrazine groups is 1. The van der Waals surface area contributed by atoms with Crippen molar-refractivity contribution in [3.05, 3.63) is 16.3 Å². The smallest absolute Gasteiger partial charge is 0.319 e. The van der Waals surface area contributed by atoms with E-state index in [9.17, 15) is 10.1 Å². The van der Waals surface area contributed by atoms with Gasteiger partial charge in [-0.2, -0.15) is 4.98 Å². The summed E-state index contributed by atoms with van der Waals surface area (Å²) in [4.78, 5) is 18.2. The zero-order chi connectivity index (χ0) is 13.1. The molecule has 0 bridgehead atoms. The van der Waals surface area contributed by atoms with Gasteiger partial charge in [0.2, 0.25) is 5.95 Å². The van der Waals surface area contributed by atoms with Crippen molar-refractivity contribution in [2.24, 2.45) is 5.84 Å². The number of anilines is 1. The lowest BCUT2D eigenvalue weighted by Crippen LogP contribution is -2.15. The number of hydrogen-bond donors (Lipinski definition) is 2. The molecule has 0 radical (unpaired) electrons. The van der Waals surface area contributed by atoms with Crippen LogP contribution in [-0.4, -0.2) is 32.9 Å². The second kappa shape index (κ2) is 5.46. The lowest BCUT2D eigenvalue weighted by atomic mass is 10.3. The first-order chi connectivity index (χ1) is 8.61. The second-order valence-electron chi connectivity index (χ2n) is 3.81. The number of nitrogens with two attached hydrogens (primary N) is 1. The molecule has 2 unspecified atom stereocenters. The normalized spacial score (nSPS) is 23.0. The van der Waals surface area contributed by atoms with Gasteiger partial charge in [-0.05, 0) is 13.3 Å². The van der Waals surface area contributed by atoms with Crippen molar-refractivity contribution in [3.63, 3.8) is 0 Å². The van der Waals surface area contributed by atoms with Gasteiger partial charge in [0.05, 0.1) is 11.0 Å². The predicted molar refractivity (Wildman–Crippen MR) is 66.2 cm³/mol. The molecular weight excluding hydrogens is 258 g/mol. The van der Waals surface area contributed by atoms with E-state index in [1.165, 1.54) is 11.8 Å². The van der Waals surface area contributed by atoms with E-state index in [1.807, 2.05) is 6.92 Å². The van der Waals surface area contributed by atoms with Crippen LogP contribution in [0.25, 0.3) is 0 Å². The molecule has 98 valence electrons. The Bertz CT molecular complexity index is 458. The topological polar surface area (TPSA) is 116 Å². The van der Waals surface area contributed by atoms with Crippen LogP contribution in [0.2, 0.25) is 0 Å². The first kappa shape index (κ1) is 13.0. The lowest BCUT2D eigenvalue weighted by Gasteiger charge is -2.12. The minimum Gasteiger partial charge on any atom is -0.377 e. The van der Waals surface area contributed by atoms with Gasteiger partial charge in [-0.1, -0.05) is 11.8 Å². The SMILES string of the molecule is CC1OCCC1Sc1nc(NN)ncc1[N+](=O)[O-]. The van der Waals surface area contributed by atoms with Gasteiger partial charge in [0.1, 0.15) is 6.20 Å². The second-order valence-corrected chi connectivity index (χ2v) is 5.03. The van der Waals surface area contributed by atoms with Gasteiger partial charge in [0.15, 0.2) is 5.03 Å². The maximum absolute atomic E-state index is 10.9. The number of thioether (sulfide) groups is 1. The van der Waals surface area contributed by atoms with Crippen LogP contribution in [0.3, 0.4) is 0 Å². The van der Waals surface area contributed by atoms with Gasteiger partial charge < -0.3 is 4.74 Å². The number of nitro groups is 1. The molecule has 0 aromatic carbocycles. The first-order valence-electron chi connectivity index (χ1n) is 5.38. The summed E-state index contributed by atoms with van der Waals surface area (Å²) in [5.41, 5.74) is 2.17. The summed E-state index contributed by atoms with van der Waals surface area (Å²) < 4.78 is 5.42. The molecule has 1 fully saturated rings. The predicted octanol–water partition coefficient (Wildman–Crippen LogP) is 0.940. The van der Waals surface area contributed by atoms with E-state index in [4.69, 9.17) is 10.6 Å². The summed E-state index contributed by atoms with van der Waals surface area (Å²) in [5, 5.41) is 11.4. The Kier molecular flexibility index (Phi) is 3.94. The Labute approximate surface area is 107 Å². The van der Waals surface area contributed by atoms with Crippen molar-refractivity contribution in [3.8, 4) is 0 Å². The van der Waals surface area contributed by atoms with Crippen LogP contribution in [0.5, 0.6) is 0 Å². The van der Waals surface area contributed by atoms with E-state index in [1.54, 1.807) is 0 Å². The Balaban J connectivity index is 2.25. The van der Waals surface area contributed by atoms with E-state index in [0.717, 1.165) is 12.6 Å². The summed E-state index contributed by atoms with van der Waals surface area (Å²) in [6.07, 6.45) is 2.06. The largest absolute Gasteiger partial charge is 0.377 e. The molecule has 0 spiro atoms. The van der Waals surface area contributed by atoms with E-state index >= 15 is 0 Å². The molecule has 3 N–H and O–H groups in total. The van der Waals surface area contributed by atoms with Crippen LogP contribution in [0.4, 0.5) is 11.6 Å². The van der Waals surface area contributed by atoms with Gasteiger partial charge >= 0.3 is 5.69 Å². The number of nitrogen functional groups attached to an aromatic ring is 1. The van der Waals surface area contributed by atoms with Gasteiger partial charge in [-0.15, -0.1) is 0 Å². The zero-order valence-corrected chi connectivity index (χ0v) is 10.5. The van der Waals surface area contributed by atoms with Crippen LogP contribution in [0.1, 0.15) is 13.3 Å². The van der Waals surface area contributed by atoms with Gasteiger partial charge in [-0.25, -0.2) is 10.8 Å². The fourth-order valence-corrected chi connectivity index (χ4v) is 2.81. The minimum atomic E-state index is -0.497. The molecule has 1 aliphatic heterocycles. The molecular formula is C9H13N5O3S. The maximum atomic E-state index is 10.9. The Morgan fingerprint density at radius 3 is 3.06 bits per heavy atom. The number of ether oxygens (including phenoxy) is 1. The fraction of sp³-hybridized carbons (Fsp3) is 0.556. The number of nitrogens with zero attached hydrogens (tertiary/aromatic N) is 3. The van der Waals surface area contributed by atoms with Crippen LogP contribution >= 0.6 is 11.8 Å². The lowest BCUT2D eigenvalue weighted by molar-refractivity contribution is -0.388. The van der Waals surface area contributed by atoms with Crippen LogP contribution < -0.4 is 11.3 Å². The van der Waals surface area contributed by atoms with E-state index in [0.29, 0.717) is 11.6 Å². The fourth-order valence-electron chi connectivity index (χ4n) is 1.65. The van der Waals surface area contributed by atoms with Crippen molar-refractivity contribution in [1.29, 1.82) is 0 Å². The maximum Gasteiger partial charge on any atom is 0.319 e. The molecule has 1 saturated heterocycles. The highest BCUT2D eigenvalue weighted by Crippen LogP contribution is 2.36. The highest BCUT2D eigenvalue weighted by atomic mass is 32.2. The quantitative estimate of drug-likeness (QED) is 0.359. The summed E-state index contributed by atoms with van der Waals surface area (Å²) in [5.74, 6) is 5.36. The van der Waals surface area contributed by atoms with Gasteiger partial charge in [0.25, 0.3) is 0 Å². The minimum absolute atomic E-state index is 0.0545. The molecule has 1 aliphatic rings. The highest BCUT2D eigenvalue weighted by Gasteiger charge is 2.29. The molecule has 2 atom stereocenters. The van der Waals surface area contributed by atoms with E-state index in [-0.39, 0.29) is 23.0 Å². The van der Waals surface area contributed by atoms with E-state index < -0.39 is 4.92 Å². The molecule has 2 rings (SSSR count). The van der Waals surface area contributed by atoms with E-state index in [2.05, 4.69) is 15.4 Å². The monoisotopic (exact) mass is 271 g/mol. The average Bonchev–Trinajstić information content (AvgIpc) is 2.74.